The normalized spacial score (nSPS) is 22.7. The van der Waals surface area contributed by atoms with Crippen LogP contribution in [-0.2, 0) is 22.6 Å². The van der Waals surface area contributed by atoms with Gasteiger partial charge < -0.3 is 34.9 Å². The highest BCUT2D eigenvalue weighted by molar-refractivity contribution is 5.89. The molecule has 3 heterocycles. The molecular weight excluding hydrogens is 628 g/mol. The first-order chi connectivity index (χ1) is 24.6. The maximum atomic E-state index is 12.7. The van der Waals surface area contributed by atoms with E-state index in [9.17, 15) is 9.90 Å². The van der Waals surface area contributed by atoms with E-state index >= 15 is 0 Å². The molecule has 0 bridgehead atoms. The van der Waals surface area contributed by atoms with Crippen molar-refractivity contribution in [3.05, 3.63) is 125 Å². The summed E-state index contributed by atoms with van der Waals surface area (Å²) in [6.45, 7) is 6.01. The van der Waals surface area contributed by atoms with Crippen LogP contribution in [0.1, 0.15) is 66.8 Å². The molecule has 0 aliphatic carbocycles. The Hall–Kier alpha value is -4.25. The lowest BCUT2D eigenvalue weighted by Crippen LogP contribution is -2.45. The van der Waals surface area contributed by atoms with Crippen molar-refractivity contribution in [2.75, 3.05) is 38.0 Å². The maximum Gasteiger partial charge on any atom is 0.319 e. The molecule has 7 rings (SSSR count). The van der Waals surface area contributed by atoms with Gasteiger partial charge in [-0.25, -0.2) is 4.79 Å². The third-order valence-corrected chi connectivity index (χ3v) is 10.0. The van der Waals surface area contributed by atoms with Crippen molar-refractivity contribution in [2.45, 2.75) is 69.8 Å². The molecule has 262 valence electrons. The zero-order valence-electron chi connectivity index (χ0n) is 28.6. The monoisotopic (exact) mass is 676 g/mol. The second-order valence-corrected chi connectivity index (χ2v) is 13.6. The second-order valence-electron chi connectivity index (χ2n) is 13.6. The zero-order chi connectivity index (χ0) is 34.1. The molecular formula is C41H48N4O5. The van der Waals surface area contributed by atoms with Gasteiger partial charge in [0, 0.05) is 43.3 Å². The Balaban J connectivity index is 0.956. The summed E-state index contributed by atoms with van der Waals surface area (Å²) in [7, 11) is 0. The Morgan fingerprint density at radius 1 is 0.760 bits per heavy atom. The van der Waals surface area contributed by atoms with E-state index in [2.05, 4.69) is 32.6 Å². The lowest BCUT2D eigenvalue weighted by molar-refractivity contribution is -0.253. The SMILES string of the molecule is O=C(NCc1ccc(C2OC(CN3CCCC3CN3CCCC3)CC(c3ccc(CO)cc3)O2)cc1)Nc1ccc(Oc2ccccc2)cc1. The molecule has 4 aromatic rings. The van der Waals surface area contributed by atoms with Gasteiger partial charge in [-0.15, -0.1) is 0 Å². The predicted molar refractivity (Wildman–Crippen MR) is 194 cm³/mol. The number of rotatable bonds is 12. The minimum absolute atomic E-state index is 0.0219. The van der Waals surface area contributed by atoms with Crippen molar-refractivity contribution in [3.63, 3.8) is 0 Å². The van der Waals surface area contributed by atoms with Gasteiger partial charge in [0.1, 0.15) is 11.5 Å². The maximum absolute atomic E-state index is 12.7. The Kier molecular flexibility index (Phi) is 11.4. The summed E-state index contributed by atoms with van der Waals surface area (Å²) in [5.74, 6) is 1.46. The number of amides is 2. The Labute approximate surface area is 295 Å². The van der Waals surface area contributed by atoms with Gasteiger partial charge in [0.15, 0.2) is 6.29 Å². The summed E-state index contributed by atoms with van der Waals surface area (Å²) in [5, 5.41) is 15.4. The van der Waals surface area contributed by atoms with Gasteiger partial charge in [-0.3, -0.25) is 4.90 Å². The fraction of sp³-hybridized carbons (Fsp3) is 0.390. The number of likely N-dealkylation sites (tertiary alicyclic amines) is 2. The van der Waals surface area contributed by atoms with E-state index < -0.39 is 6.29 Å². The lowest BCUT2D eigenvalue weighted by atomic mass is 9.99. The minimum atomic E-state index is -0.505. The molecule has 0 spiro atoms. The Morgan fingerprint density at radius 2 is 1.46 bits per heavy atom. The van der Waals surface area contributed by atoms with Crippen molar-refractivity contribution in [1.82, 2.24) is 15.1 Å². The number of carbonyl (C=O) groups is 1. The summed E-state index contributed by atoms with van der Waals surface area (Å²) in [5.41, 5.74) is 4.59. The third kappa shape index (κ3) is 9.10. The van der Waals surface area contributed by atoms with Crippen molar-refractivity contribution in [2.24, 2.45) is 0 Å². The lowest BCUT2D eigenvalue weighted by Gasteiger charge is -2.39. The van der Waals surface area contributed by atoms with Crippen LogP contribution in [0.2, 0.25) is 0 Å². The molecule has 0 aromatic heterocycles. The first-order valence-corrected chi connectivity index (χ1v) is 18.0. The van der Waals surface area contributed by atoms with Crippen LogP contribution >= 0.6 is 0 Å². The Morgan fingerprint density at radius 3 is 2.20 bits per heavy atom. The molecule has 4 atom stereocenters. The van der Waals surface area contributed by atoms with Gasteiger partial charge in [-0.05, 0) is 98.4 Å². The van der Waals surface area contributed by atoms with E-state index in [1.54, 1.807) is 0 Å². The molecule has 4 unspecified atom stereocenters. The molecule has 3 saturated heterocycles. The van der Waals surface area contributed by atoms with Crippen LogP contribution in [0.15, 0.2) is 103 Å². The van der Waals surface area contributed by atoms with Crippen LogP contribution in [0, 0.1) is 0 Å². The van der Waals surface area contributed by atoms with E-state index in [0.717, 1.165) is 54.1 Å². The van der Waals surface area contributed by atoms with Crippen LogP contribution in [-0.4, -0.2) is 65.8 Å². The van der Waals surface area contributed by atoms with Crippen LogP contribution in [0.5, 0.6) is 11.5 Å². The number of para-hydroxylation sites is 1. The standard InChI is InChI=1S/C41H48N4O5/c46-29-31-12-14-32(15-13-31)39-25-38(28-45-24-6-7-35(45)27-44-22-4-5-23-44)49-40(50-39)33-16-10-30(11-17-33)26-42-41(47)43-34-18-20-37(21-19-34)48-36-8-2-1-3-9-36/h1-3,8-21,35,38-40,46H,4-7,22-29H2,(H2,42,43,47). The van der Waals surface area contributed by atoms with Crippen LogP contribution in [0.4, 0.5) is 10.5 Å². The van der Waals surface area contributed by atoms with Crippen molar-refractivity contribution in [3.8, 4) is 11.5 Å². The number of nitrogens with zero attached hydrogens (tertiary/aromatic N) is 2. The molecule has 3 aliphatic rings. The molecule has 2 amide bonds. The topological polar surface area (TPSA) is 95.5 Å². The summed E-state index contributed by atoms with van der Waals surface area (Å²) < 4.78 is 19.1. The summed E-state index contributed by atoms with van der Waals surface area (Å²) in [4.78, 5) is 17.9. The quantitative estimate of drug-likeness (QED) is 0.144. The number of aliphatic hydroxyl groups excluding tert-OH is 1. The number of urea groups is 1. The summed E-state index contributed by atoms with van der Waals surface area (Å²) >= 11 is 0. The average molecular weight is 677 g/mol. The van der Waals surface area contributed by atoms with Crippen molar-refractivity contribution < 1.29 is 24.1 Å². The van der Waals surface area contributed by atoms with Gasteiger partial charge in [-0.1, -0.05) is 66.7 Å². The van der Waals surface area contributed by atoms with Crippen molar-refractivity contribution >= 4 is 11.7 Å². The molecule has 9 heteroatoms. The molecule has 3 fully saturated rings. The van der Waals surface area contributed by atoms with Gasteiger partial charge in [0.05, 0.1) is 18.8 Å². The largest absolute Gasteiger partial charge is 0.457 e. The summed E-state index contributed by atoms with van der Waals surface area (Å²) in [6.07, 6.45) is 5.30. The van der Waals surface area contributed by atoms with Crippen LogP contribution in [0.3, 0.4) is 0 Å². The number of aliphatic hydroxyl groups is 1. The van der Waals surface area contributed by atoms with Crippen LogP contribution in [0.25, 0.3) is 0 Å². The number of nitrogens with one attached hydrogen (secondary N) is 2. The fourth-order valence-electron chi connectivity index (χ4n) is 7.28. The highest BCUT2D eigenvalue weighted by Crippen LogP contribution is 2.39. The summed E-state index contributed by atoms with van der Waals surface area (Å²) in [6, 6.07) is 33.3. The van der Waals surface area contributed by atoms with Gasteiger partial charge in [-0.2, -0.15) is 0 Å². The smallest absolute Gasteiger partial charge is 0.319 e. The van der Waals surface area contributed by atoms with Gasteiger partial charge >= 0.3 is 6.03 Å². The molecule has 50 heavy (non-hydrogen) atoms. The molecule has 9 nitrogen and oxygen atoms in total. The van der Waals surface area contributed by atoms with Crippen LogP contribution < -0.4 is 15.4 Å². The number of anilines is 1. The highest BCUT2D eigenvalue weighted by Gasteiger charge is 2.36. The van der Waals surface area contributed by atoms with E-state index in [-0.39, 0.29) is 24.8 Å². The zero-order valence-corrected chi connectivity index (χ0v) is 28.6. The molecule has 3 aliphatic heterocycles. The number of carbonyl (C=O) groups excluding carboxylic acids is 1. The fourth-order valence-corrected chi connectivity index (χ4v) is 7.28. The van der Waals surface area contributed by atoms with E-state index in [1.165, 1.54) is 38.8 Å². The number of hydrogen-bond acceptors (Lipinski definition) is 7. The molecule has 0 radical (unpaired) electrons. The molecule has 0 saturated carbocycles. The minimum Gasteiger partial charge on any atom is -0.457 e. The number of hydrogen-bond donors (Lipinski definition) is 3. The molecule has 3 N–H and O–H groups in total. The van der Waals surface area contributed by atoms with E-state index in [0.29, 0.717) is 24.0 Å². The van der Waals surface area contributed by atoms with E-state index in [1.807, 2.05) is 91.0 Å². The molecule has 4 aromatic carbocycles. The van der Waals surface area contributed by atoms with E-state index in [4.69, 9.17) is 14.2 Å². The van der Waals surface area contributed by atoms with Gasteiger partial charge in [0.25, 0.3) is 0 Å². The van der Waals surface area contributed by atoms with Gasteiger partial charge in [0.2, 0.25) is 0 Å². The number of ether oxygens (including phenoxy) is 3. The highest BCUT2D eigenvalue weighted by atomic mass is 16.7. The third-order valence-electron chi connectivity index (χ3n) is 10.0. The number of benzene rings is 4. The Bertz CT molecular complexity index is 1650. The average Bonchev–Trinajstić information content (AvgIpc) is 3.84. The van der Waals surface area contributed by atoms with Crippen molar-refractivity contribution in [1.29, 1.82) is 0 Å². The predicted octanol–water partition coefficient (Wildman–Crippen LogP) is 7.40. The first kappa shape index (κ1) is 34.2. The second kappa shape index (κ2) is 16.6. The first-order valence-electron chi connectivity index (χ1n) is 18.0.